The van der Waals surface area contributed by atoms with Gasteiger partial charge in [-0.2, -0.15) is 0 Å². The van der Waals surface area contributed by atoms with Crippen molar-refractivity contribution in [3.8, 4) is 0 Å². The van der Waals surface area contributed by atoms with Crippen molar-refractivity contribution < 1.29 is 14.3 Å². The molecular weight excluding hydrogens is 256 g/mol. The third-order valence-corrected chi connectivity index (χ3v) is 3.46. The Morgan fingerprint density at radius 2 is 2.00 bits per heavy atom. The average Bonchev–Trinajstić information content (AvgIpc) is 2.97. The second kappa shape index (κ2) is 7.26. The molecule has 0 aliphatic carbocycles. The Labute approximate surface area is 119 Å². The summed E-state index contributed by atoms with van der Waals surface area (Å²) in [7, 11) is 2.02. The molecule has 5 nitrogen and oxygen atoms in total. The summed E-state index contributed by atoms with van der Waals surface area (Å²) in [6.45, 7) is 3.82. The summed E-state index contributed by atoms with van der Waals surface area (Å²) < 4.78 is 10.5. The normalized spacial score (nSPS) is 16.9. The molecule has 0 aromatic heterocycles. The van der Waals surface area contributed by atoms with Crippen molar-refractivity contribution in [2.75, 3.05) is 31.7 Å². The molecule has 2 rings (SSSR count). The van der Waals surface area contributed by atoms with Gasteiger partial charge in [-0.25, -0.2) is 0 Å². The van der Waals surface area contributed by atoms with Gasteiger partial charge in [0, 0.05) is 25.3 Å². The predicted octanol–water partition coefficient (Wildman–Crippen LogP) is 1.39. The van der Waals surface area contributed by atoms with E-state index < -0.39 is 0 Å². The highest BCUT2D eigenvalue weighted by Gasteiger charge is 2.20. The average molecular weight is 278 g/mol. The summed E-state index contributed by atoms with van der Waals surface area (Å²) in [6, 6.07) is 10.3. The summed E-state index contributed by atoms with van der Waals surface area (Å²) >= 11 is 0. The van der Waals surface area contributed by atoms with Crippen molar-refractivity contribution >= 4 is 11.6 Å². The number of benzene rings is 1. The first-order chi connectivity index (χ1) is 9.66. The second-order valence-electron chi connectivity index (χ2n) is 4.97. The van der Waals surface area contributed by atoms with Crippen LogP contribution in [0.1, 0.15) is 13.3 Å². The molecule has 1 aromatic carbocycles. The summed E-state index contributed by atoms with van der Waals surface area (Å²) in [6.07, 6.45) is -0.112. The van der Waals surface area contributed by atoms with Gasteiger partial charge in [0.25, 0.3) is 0 Å². The van der Waals surface area contributed by atoms with Gasteiger partial charge in [0.05, 0.1) is 19.6 Å². The minimum absolute atomic E-state index is 0.0368. The Bertz CT molecular complexity index is 418. The van der Waals surface area contributed by atoms with Crippen LogP contribution in [0.4, 0.5) is 5.69 Å². The van der Waals surface area contributed by atoms with Crippen LogP contribution in [-0.4, -0.2) is 45.0 Å². The van der Waals surface area contributed by atoms with Crippen molar-refractivity contribution in [1.82, 2.24) is 5.32 Å². The maximum atomic E-state index is 11.8. The predicted molar refractivity (Wildman–Crippen MR) is 77.6 cm³/mol. The molecule has 1 aliphatic rings. The van der Waals surface area contributed by atoms with Crippen LogP contribution < -0.4 is 10.2 Å². The first-order valence-electron chi connectivity index (χ1n) is 6.94. The smallest absolute Gasteiger partial charge is 0.225 e. The number of anilines is 1. The van der Waals surface area contributed by atoms with Crippen molar-refractivity contribution in [1.29, 1.82) is 0 Å². The number of carbonyl (C=O) groups excluding carboxylic acids is 1. The van der Waals surface area contributed by atoms with E-state index in [2.05, 4.69) is 29.3 Å². The number of likely N-dealkylation sites (N-methyl/N-ethyl adjacent to an activating group) is 1. The molecule has 1 unspecified atom stereocenters. The first kappa shape index (κ1) is 14.8. The van der Waals surface area contributed by atoms with Gasteiger partial charge >= 0.3 is 0 Å². The molecule has 1 atom stereocenters. The Morgan fingerprint density at radius 3 is 2.65 bits per heavy atom. The van der Waals surface area contributed by atoms with Crippen LogP contribution in [0.5, 0.6) is 0 Å². The van der Waals surface area contributed by atoms with Crippen LogP contribution in [0, 0.1) is 0 Å². The fourth-order valence-corrected chi connectivity index (χ4v) is 2.06. The third-order valence-electron chi connectivity index (χ3n) is 3.46. The van der Waals surface area contributed by atoms with Gasteiger partial charge < -0.3 is 19.7 Å². The van der Waals surface area contributed by atoms with Crippen molar-refractivity contribution in [3.05, 3.63) is 30.3 Å². The lowest BCUT2D eigenvalue weighted by molar-refractivity contribution is -0.129. The molecule has 0 radical (unpaired) electrons. The molecule has 1 fully saturated rings. The van der Waals surface area contributed by atoms with Gasteiger partial charge in [-0.3, -0.25) is 4.79 Å². The number of hydrogen-bond acceptors (Lipinski definition) is 4. The number of carbonyl (C=O) groups is 1. The minimum Gasteiger partial charge on any atom is -0.370 e. The highest BCUT2D eigenvalue weighted by atomic mass is 16.7. The van der Waals surface area contributed by atoms with Gasteiger partial charge in [0.2, 0.25) is 5.91 Å². The lowest BCUT2D eigenvalue weighted by Gasteiger charge is -2.27. The molecule has 1 amide bonds. The van der Waals surface area contributed by atoms with Crippen LogP contribution >= 0.6 is 0 Å². The molecule has 1 heterocycles. The molecule has 1 aliphatic heterocycles. The van der Waals surface area contributed by atoms with Crippen molar-refractivity contribution in [2.24, 2.45) is 0 Å². The third kappa shape index (κ3) is 4.21. The topological polar surface area (TPSA) is 50.8 Å². The molecule has 0 bridgehead atoms. The summed E-state index contributed by atoms with van der Waals surface area (Å²) in [5, 5.41) is 2.92. The number of para-hydroxylation sites is 1. The number of rotatable bonds is 6. The molecule has 20 heavy (non-hydrogen) atoms. The molecular formula is C15H22N2O3. The molecule has 0 saturated carbocycles. The van der Waals surface area contributed by atoms with Gasteiger partial charge in [-0.15, -0.1) is 0 Å². The van der Waals surface area contributed by atoms with Crippen LogP contribution in [0.15, 0.2) is 30.3 Å². The zero-order valence-electron chi connectivity index (χ0n) is 12.0. The van der Waals surface area contributed by atoms with E-state index in [0.717, 1.165) is 5.69 Å². The number of hydrogen-bond donors (Lipinski definition) is 1. The van der Waals surface area contributed by atoms with E-state index in [0.29, 0.717) is 19.8 Å². The van der Waals surface area contributed by atoms with E-state index >= 15 is 0 Å². The largest absolute Gasteiger partial charge is 0.370 e. The molecule has 1 aromatic rings. The fraction of sp³-hybridized carbons (Fsp3) is 0.533. The number of nitrogens with zero attached hydrogens (tertiary/aromatic N) is 1. The zero-order chi connectivity index (χ0) is 14.4. The quantitative estimate of drug-likeness (QED) is 0.854. The summed E-state index contributed by atoms with van der Waals surface area (Å²) in [5.41, 5.74) is 1.14. The molecule has 110 valence electrons. The van der Waals surface area contributed by atoms with Crippen LogP contribution in [0.25, 0.3) is 0 Å². The lowest BCUT2D eigenvalue weighted by Crippen LogP contribution is -2.41. The maximum absolute atomic E-state index is 11.8. The van der Waals surface area contributed by atoms with E-state index in [4.69, 9.17) is 9.47 Å². The molecule has 1 saturated heterocycles. The monoisotopic (exact) mass is 278 g/mol. The summed E-state index contributed by atoms with van der Waals surface area (Å²) in [4.78, 5) is 13.9. The van der Waals surface area contributed by atoms with Crippen LogP contribution in [0.2, 0.25) is 0 Å². The van der Waals surface area contributed by atoms with E-state index in [1.54, 1.807) is 0 Å². The van der Waals surface area contributed by atoms with Gasteiger partial charge in [0.15, 0.2) is 6.29 Å². The van der Waals surface area contributed by atoms with Gasteiger partial charge in [-0.1, -0.05) is 18.2 Å². The standard InChI is InChI=1S/C15H22N2O3/c1-12(17(2)13-6-4-3-5-7-13)11-16-14(18)10-15-19-8-9-20-15/h3-7,12,15H,8-11H2,1-2H3,(H,16,18). The number of amides is 1. The van der Waals surface area contributed by atoms with Crippen LogP contribution in [-0.2, 0) is 14.3 Å². The molecule has 1 N–H and O–H groups in total. The molecule has 5 heteroatoms. The fourth-order valence-electron chi connectivity index (χ4n) is 2.06. The first-order valence-corrected chi connectivity index (χ1v) is 6.94. The maximum Gasteiger partial charge on any atom is 0.225 e. The summed E-state index contributed by atoms with van der Waals surface area (Å²) in [5.74, 6) is -0.0368. The number of nitrogens with one attached hydrogen (secondary N) is 1. The van der Waals surface area contributed by atoms with Crippen molar-refractivity contribution in [2.45, 2.75) is 25.7 Å². The van der Waals surface area contributed by atoms with Crippen molar-refractivity contribution in [3.63, 3.8) is 0 Å². The Hall–Kier alpha value is -1.59. The van der Waals surface area contributed by atoms with Gasteiger partial charge in [-0.05, 0) is 19.1 Å². The van der Waals surface area contributed by atoms with E-state index in [1.165, 1.54) is 0 Å². The minimum atomic E-state index is -0.378. The van der Waals surface area contributed by atoms with E-state index in [1.807, 2.05) is 25.2 Å². The van der Waals surface area contributed by atoms with E-state index in [-0.39, 0.29) is 24.7 Å². The molecule has 0 spiro atoms. The second-order valence-corrected chi connectivity index (χ2v) is 4.97. The Morgan fingerprint density at radius 1 is 1.35 bits per heavy atom. The lowest BCUT2D eigenvalue weighted by atomic mass is 10.2. The van der Waals surface area contributed by atoms with Gasteiger partial charge in [0.1, 0.15) is 0 Å². The van der Waals surface area contributed by atoms with Crippen LogP contribution in [0.3, 0.4) is 0 Å². The zero-order valence-corrected chi connectivity index (χ0v) is 12.0. The SMILES string of the molecule is CC(CNC(=O)CC1OCCO1)N(C)c1ccccc1. The Balaban J connectivity index is 1.73. The van der Waals surface area contributed by atoms with E-state index in [9.17, 15) is 4.79 Å². The highest BCUT2D eigenvalue weighted by molar-refractivity contribution is 5.76. The highest BCUT2D eigenvalue weighted by Crippen LogP contribution is 2.13. The Kier molecular flexibility index (Phi) is 5.38. The number of ether oxygens (including phenoxy) is 2.